The highest BCUT2D eigenvalue weighted by atomic mass is 16.3. The van der Waals surface area contributed by atoms with Crippen LogP contribution in [0.1, 0.15) is 31.2 Å². The number of amides is 1. The van der Waals surface area contributed by atoms with Gasteiger partial charge in [0, 0.05) is 6.54 Å². The number of nitrogens with one attached hydrogen (secondary N) is 1. The average Bonchev–Trinajstić information content (AvgIpc) is 2.94. The molecule has 0 fully saturated rings. The number of furan rings is 1. The van der Waals surface area contributed by atoms with Gasteiger partial charge in [-0.2, -0.15) is 0 Å². The summed E-state index contributed by atoms with van der Waals surface area (Å²) < 4.78 is 5.50. The topological polar surface area (TPSA) is 68.3 Å². The molecule has 1 heterocycles. The molecule has 4 nitrogen and oxygen atoms in total. The largest absolute Gasteiger partial charge is 0.467 e. The number of carbonyl (C=O) groups is 1. The second-order valence-electron chi connectivity index (χ2n) is 5.49. The minimum absolute atomic E-state index is 0.0928. The Morgan fingerprint density at radius 2 is 1.95 bits per heavy atom. The van der Waals surface area contributed by atoms with E-state index in [0.29, 0.717) is 6.54 Å². The predicted octanol–water partition coefficient (Wildman–Crippen LogP) is 2.47. The van der Waals surface area contributed by atoms with Crippen molar-refractivity contribution < 1.29 is 9.21 Å². The minimum atomic E-state index is -0.611. The summed E-state index contributed by atoms with van der Waals surface area (Å²) in [6.07, 6.45) is 1.65. The zero-order chi connectivity index (χ0) is 14.6. The van der Waals surface area contributed by atoms with E-state index in [-0.39, 0.29) is 11.9 Å². The van der Waals surface area contributed by atoms with Crippen molar-refractivity contribution in [3.63, 3.8) is 0 Å². The first-order valence-corrected chi connectivity index (χ1v) is 6.62. The van der Waals surface area contributed by atoms with Gasteiger partial charge in [0.2, 0.25) is 5.91 Å². The molecule has 20 heavy (non-hydrogen) atoms. The molecule has 0 radical (unpaired) electrons. The van der Waals surface area contributed by atoms with Crippen LogP contribution in [0.5, 0.6) is 0 Å². The molecule has 0 aliphatic carbocycles. The van der Waals surface area contributed by atoms with Gasteiger partial charge >= 0.3 is 0 Å². The Hall–Kier alpha value is -2.07. The molecule has 0 saturated heterocycles. The maximum Gasteiger partial charge on any atom is 0.224 e. The van der Waals surface area contributed by atoms with Crippen LogP contribution in [0.4, 0.5) is 0 Å². The van der Waals surface area contributed by atoms with Gasteiger partial charge in [0.05, 0.1) is 17.7 Å². The average molecular weight is 272 g/mol. The third kappa shape index (κ3) is 3.27. The van der Waals surface area contributed by atoms with Crippen LogP contribution in [0.25, 0.3) is 0 Å². The number of rotatable bonds is 6. The van der Waals surface area contributed by atoms with Crippen molar-refractivity contribution in [1.82, 2.24) is 5.32 Å². The smallest absolute Gasteiger partial charge is 0.224 e. The monoisotopic (exact) mass is 272 g/mol. The molecule has 4 heteroatoms. The lowest BCUT2D eigenvalue weighted by atomic mass is 9.91. The van der Waals surface area contributed by atoms with Crippen LogP contribution >= 0.6 is 0 Å². The number of hydrogen-bond acceptors (Lipinski definition) is 3. The van der Waals surface area contributed by atoms with Crippen molar-refractivity contribution in [1.29, 1.82) is 0 Å². The molecular weight excluding hydrogens is 252 g/mol. The van der Waals surface area contributed by atoms with Gasteiger partial charge in [0.15, 0.2) is 0 Å². The lowest BCUT2D eigenvalue weighted by Gasteiger charge is -2.25. The van der Waals surface area contributed by atoms with Crippen LogP contribution in [0.2, 0.25) is 0 Å². The molecule has 106 valence electrons. The summed E-state index contributed by atoms with van der Waals surface area (Å²) in [6, 6.07) is 13.7. The number of primary amides is 1. The summed E-state index contributed by atoms with van der Waals surface area (Å²) in [5.41, 5.74) is 5.89. The van der Waals surface area contributed by atoms with Crippen molar-refractivity contribution in [3.05, 3.63) is 60.1 Å². The van der Waals surface area contributed by atoms with Gasteiger partial charge in [-0.15, -0.1) is 0 Å². The zero-order valence-electron chi connectivity index (χ0n) is 11.8. The highest BCUT2D eigenvalue weighted by Crippen LogP contribution is 2.24. The SMILES string of the molecule is CC(C)(CNC(c1ccccc1)c1ccco1)C(N)=O. The van der Waals surface area contributed by atoms with Crippen molar-refractivity contribution in [3.8, 4) is 0 Å². The molecule has 0 spiro atoms. The molecule has 2 rings (SSSR count). The van der Waals surface area contributed by atoms with Gasteiger partial charge < -0.3 is 15.5 Å². The predicted molar refractivity (Wildman–Crippen MR) is 78.0 cm³/mol. The molecular formula is C16H20N2O2. The summed E-state index contributed by atoms with van der Waals surface area (Å²) in [4.78, 5) is 11.4. The Morgan fingerprint density at radius 3 is 2.50 bits per heavy atom. The zero-order valence-corrected chi connectivity index (χ0v) is 11.8. The lowest BCUT2D eigenvalue weighted by Crippen LogP contribution is -2.41. The second kappa shape index (κ2) is 5.92. The van der Waals surface area contributed by atoms with E-state index in [4.69, 9.17) is 10.2 Å². The van der Waals surface area contributed by atoms with Crippen molar-refractivity contribution >= 4 is 5.91 Å². The lowest BCUT2D eigenvalue weighted by molar-refractivity contribution is -0.125. The van der Waals surface area contributed by atoms with Crippen molar-refractivity contribution in [2.45, 2.75) is 19.9 Å². The van der Waals surface area contributed by atoms with E-state index >= 15 is 0 Å². The quantitative estimate of drug-likeness (QED) is 0.848. The fraction of sp³-hybridized carbons (Fsp3) is 0.312. The second-order valence-corrected chi connectivity index (χ2v) is 5.49. The van der Waals surface area contributed by atoms with E-state index in [1.165, 1.54) is 0 Å². The normalized spacial score (nSPS) is 13.1. The summed E-state index contributed by atoms with van der Waals surface area (Å²) in [5, 5.41) is 3.37. The van der Waals surface area contributed by atoms with E-state index < -0.39 is 5.41 Å². The first kappa shape index (κ1) is 14.3. The Morgan fingerprint density at radius 1 is 1.25 bits per heavy atom. The molecule has 1 aromatic heterocycles. The minimum Gasteiger partial charge on any atom is -0.467 e. The van der Waals surface area contributed by atoms with E-state index in [2.05, 4.69) is 5.32 Å². The molecule has 3 N–H and O–H groups in total. The van der Waals surface area contributed by atoms with Crippen molar-refractivity contribution in [2.75, 3.05) is 6.54 Å². The summed E-state index contributed by atoms with van der Waals surface area (Å²) in [6.45, 7) is 4.13. The van der Waals surface area contributed by atoms with E-state index in [0.717, 1.165) is 11.3 Å². The van der Waals surface area contributed by atoms with Crippen LogP contribution in [0.3, 0.4) is 0 Å². The maximum absolute atomic E-state index is 11.4. The summed E-state index contributed by atoms with van der Waals surface area (Å²) >= 11 is 0. The number of nitrogens with two attached hydrogens (primary N) is 1. The molecule has 0 bridgehead atoms. The summed E-state index contributed by atoms with van der Waals surface area (Å²) in [5.74, 6) is 0.493. The number of benzene rings is 1. The van der Waals surface area contributed by atoms with Gasteiger partial charge in [-0.25, -0.2) is 0 Å². The Bertz CT molecular complexity index is 547. The summed E-state index contributed by atoms with van der Waals surface area (Å²) in [7, 11) is 0. The fourth-order valence-corrected chi connectivity index (χ4v) is 1.93. The first-order valence-electron chi connectivity index (χ1n) is 6.62. The third-order valence-electron chi connectivity index (χ3n) is 3.38. The molecule has 0 aliphatic rings. The first-order chi connectivity index (χ1) is 9.50. The van der Waals surface area contributed by atoms with Gasteiger partial charge in [0.25, 0.3) is 0 Å². The molecule has 2 aromatic rings. The number of hydrogen-bond donors (Lipinski definition) is 2. The van der Waals surface area contributed by atoms with Crippen LogP contribution < -0.4 is 11.1 Å². The Kier molecular flexibility index (Phi) is 4.25. The van der Waals surface area contributed by atoms with Gasteiger partial charge in [-0.3, -0.25) is 4.79 Å². The van der Waals surface area contributed by atoms with E-state index in [1.54, 1.807) is 6.26 Å². The van der Waals surface area contributed by atoms with E-state index in [9.17, 15) is 4.79 Å². The molecule has 0 saturated carbocycles. The van der Waals surface area contributed by atoms with Gasteiger partial charge in [-0.05, 0) is 31.5 Å². The van der Waals surface area contributed by atoms with Crippen LogP contribution in [0, 0.1) is 5.41 Å². The standard InChI is InChI=1S/C16H20N2O2/c1-16(2,15(17)19)11-18-14(13-9-6-10-20-13)12-7-4-3-5-8-12/h3-10,14,18H,11H2,1-2H3,(H2,17,19). The molecule has 1 aromatic carbocycles. The van der Waals surface area contributed by atoms with Crippen LogP contribution in [0.15, 0.2) is 53.1 Å². The van der Waals surface area contributed by atoms with Crippen LogP contribution in [-0.4, -0.2) is 12.5 Å². The van der Waals surface area contributed by atoms with Crippen molar-refractivity contribution in [2.24, 2.45) is 11.1 Å². The van der Waals surface area contributed by atoms with Gasteiger partial charge in [0.1, 0.15) is 5.76 Å². The fourth-order valence-electron chi connectivity index (χ4n) is 1.93. The molecule has 1 amide bonds. The Labute approximate surface area is 119 Å². The van der Waals surface area contributed by atoms with Gasteiger partial charge in [-0.1, -0.05) is 30.3 Å². The highest BCUT2D eigenvalue weighted by molar-refractivity contribution is 5.80. The highest BCUT2D eigenvalue weighted by Gasteiger charge is 2.27. The number of carbonyl (C=O) groups excluding carboxylic acids is 1. The maximum atomic E-state index is 11.4. The molecule has 1 atom stereocenters. The molecule has 0 aliphatic heterocycles. The third-order valence-corrected chi connectivity index (χ3v) is 3.38. The Balaban J connectivity index is 2.19. The van der Waals surface area contributed by atoms with Crippen LogP contribution in [-0.2, 0) is 4.79 Å². The molecule has 1 unspecified atom stereocenters. The van der Waals surface area contributed by atoms with E-state index in [1.807, 2.05) is 56.3 Å².